The first kappa shape index (κ1) is 18.0. The van der Waals surface area contributed by atoms with Crippen LogP contribution in [-0.4, -0.2) is 16.9 Å². The van der Waals surface area contributed by atoms with Crippen molar-refractivity contribution in [3.8, 4) is 11.3 Å². The van der Waals surface area contributed by atoms with Crippen LogP contribution >= 0.6 is 11.8 Å². The lowest BCUT2D eigenvalue weighted by atomic mass is 10.1. The number of carbonyl (C=O) groups is 3. The molecule has 4 rings (SSSR count). The van der Waals surface area contributed by atoms with Gasteiger partial charge in [-0.15, -0.1) is 0 Å². The van der Waals surface area contributed by atoms with Crippen LogP contribution in [0.3, 0.4) is 0 Å². The summed E-state index contributed by atoms with van der Waals surface area (Å²) in [7, 11) is 0. The molecule has 1 saturated heterocycles. The summed E-state index contributed by atoms with van der Waals surface area (Å²) >= 11 is 0.883. The van der Waals surface area contributed by atoms with Crippen LogP contribution in [0.15, 0.2) is 76.1 Å². The number of imide groups is 1. The van der Waals surface area contributed by atoms with E-state index in [1.807, 2.05) is 18.2 Å². The summed E-state index contributed by atoms with van der Waals surface area (Å²) in [5.74, 6) is 0.721. The maximum Gasteiger partial charge on any atom is 0.298 e. The van der Waals surface area contributed by atoms with Crippen LogP contribution < -0.4 is 4.90 Å². The average molecular weight is 389 g/mol. The van der Waals surface area contributed by atoms with E-state index in [4.69, 9.17) is 4.42 Å². The highest BCUT2D eigenvalue weighted by molar-refractivity contribution is 8.19. The molecular weight excluding hydrogens is 374 g/mol. The molecule has 6 heteroatoms. The van der Waals surface area contributed by atoms with Crippen LogP contribution in [0.4, 0.5) is 10.5 Å². The van der Waals surface area contributed by atoms with Crippen LogP contribution in [0, 0.1) is 0 Å². The van der Waals surface area contributed by atoms with Crippen LogP contribution in [0.2, 0.25) is 0 Å². The van der Waals surface area contributed by atoms with Gasteiger partial charge in [0, 0.05) is 17.2 Å². The van der Waals surface area contributed by atoms with Crippen molar-refractivity contribution in [1.82, 2.24) is 0 Å². The number of carbonyl (C=O) groups excluding carboxylic acids is 3. The number of para-hydroxylation sites is 1. The number of hydrogen-bond donors (Lipinski definition) is 0. The summed E-state index contributed by atoms with van der Waals surface area (Å²) < 4.78 is 5.80. The van der Waals surface area contributed by atoms with Gasteiger partial charge in [-0.1, -0.05) is 42.5 Å². The van der Waals surface area contributed by atoms with E-state index in [1.165, 1.54) is 6.92 Å². The number of Topliss-reactive ketones (excluding diaryl/α,β-unsaturated/α-hetero) is 1. The smallest absolute Gasteiger partial charge is 0.298 e. The van der Waals surface area contributed by atoms with Gasteiger partial charge in [-0.2, -0.15) is 0 Å². The Morgan fingerprint density at radius 3 is 2.36 bits per heavy atom. The predicted molar refractivity (Wildman–Crippen MR) is 109 cm³/mol. The summed E-state index contributed by atoms with van der Waals surface area (Å²) in [5, 5.41) is -0.339. The highest BCUT2D eigenvalue weighted by Gasteiger charge is 2.36. The minimum Gasteiger partial charge on any atom is -0.457 e. The fraction of sp³-hybridized carbons (Fsp3) is 0.0455. The van der Waals surface area contributed by atoms with Crippen LogP contribution in [0.5, 0.6) is 0 Å². The molecule has 1 fully saturated rings. The van der Waals surface area contributed by atoms with Gasteiger partial charge in [-0.05, 0) is 43.0 Å². The topological polar surface area (TPSA) is 67.6 Å². The quantitative estimate of drug-likeness (QED) is 0.442. The van der Waals surface area contributed by atoms with E-state index in [1.54, 1.807) is 54.6 Å². The molecule has 2 aromatic carbocycles. The van der Waals surface area contributed by atoms with Crippen molar-refractivity contribution in [2.24, 2.45) is 0 Å². The molecule has 0 N–H and O–H groups in total. The van der Waals surface area contributed by atoms with E-state index >= 15 is 0 Å². The van der Waals surface area contributed by atoms with Crippen molar-refractivity contribution >= 4 is 40.5 Å². The molecule has 0 aliphatic carbocycles. The van der Waals surface area contributed by atoms with Crippen molar-refractivity contribution < 1.29 is 18.8 Å². The molecule has 2 heterocycles. The number of anilines is 1. The van der Waals surface area contributed by atoms with Gasteiger partial charge in [0.25, 0.3) is 11.1 Å². The van der Waals surface area contributed by atoms with Gasteiger partial charge in [0.1, 0.15) is 11.5 Å². The molecule has 0 unspecified atom stereocenters. The lowest BCUT2D eigenvalue weighted by Gasteiger charge is -2.11. The van der Waals surface area contributed by atoms with Crippen molar-refractivity contribution in [2.45, 2.75) is 6.92 Å². The van der Waals surface area contributed by atoms with Gasteiger partial charge >= 0.3 is 0 Å². The number of nitrogens with zero attached hydrogens (tertiary/aromatic N) is 1. The summed E-state index contributed by atoms with van der Waals surface area (Å²) in [5.41, 5.74) is 1.99. The second-order valence-corrected chi connectivity index (χ2v) is 7.18. The van der Waals surface area contributed by atoms with Crippen LogP contribution in [0.25, 0.3) is 17.4 Å². The minimum absolute atomic E-state index is 0.000764. The van der Waals surface area contributed by atoms with Gasteiger partial charge < -0.3 is 4.42 Å². The molecule has 2 amide bonds. The average Bonchev–Trinajstić information content (AvgIpc) is 3.27. The van der Waals surface area contributed by atoms with E-state index in [0.717, 1.165) is 22.2 Å². The largest absolute Gasteiger partial charge is 0.457 e. The first-order chi connectivity index (χ1) is 13.5. The van der Waals surface area contributed by atoms with Crippen molar-refractivity contribution in [3.63, 3.8) is 0 Å². The van der Waals surface area contributed by atoms with Crippen molar-refractivity contribution in [2.75, 3.05) is 4.90 Å². The third kappa shape index (κ3) is 3.42. The standard InChI is InChI=1S/C22H15NO4S/c1-14(24)15-7-9-16(10-8-15)19-12-11-18(27-19)13-20-21(25)23(22(26)28-20)17-5-3-2-4-6-17/h2-13H,1H3/b20-13-. The lowest BCUT2D eigenvalue weighted by Crippen LogP contribution is -2.27. The summed E-state index contributed by atoms with van der Waals surface area (Å²) in [6.45, 7) is 1.52. The Labute approximate surface area is 165 Å². The van der Waals surface area contributed by atoms with Crippen molar-refractivity contribution in [1.29, 1.82) is 0 Å². The maximum atomic E-state index is 12.6. The minimum atomic E-state index is -0.370. The van der Waals surface area contributed by atoms with Gasteiger partial charge in [0.2, 0.25) is 0 Å². The zero-order valence-corrected chi connectivity index (χ0v) is 15.7. The third-order valence-corrected chi connectivity index (χ3v) is 5.15. The number of furan rings is 1. The zero-order chi connectivity index (χ0) is 19.7. The number of hydrogen-bond acceptors (Lipinski definition) is 5. The molecule has 28 heavy (non-hydrogen) atoms. The number of benzene rings is 2. The highest BCUT2D eigenvalue weighted by atomic mass is 32.2. The molecule has 0 saturated carbocycles. The van der Waals surface area contributed by atoms with Crippen LogP contribution in [-0.2, 0) is 4.79 Å². The molecule has 0 radical (unpaired) electrons. The van der Waals surface area contributed by atoms with Gasteiger partial charge in [-0.25, -0.2) is 4.90 Å². The van der Waals surface area contributed by atoms with Gasteiger partial charge in [0.15, 0.2) is 5.78 Å². The molecule has 1 aliphatic rings. The number of rotatable bonds is 4. The molecule has 1 aliphatic heterocycles. The molecule has 0 atom stereocenters. The SMILES string of the molecule is CC(=O)c1ccc(-c2ccc(/C=C3\SC(=O)N(c4ccccc4)C3=O)o2)cc1. The Bertz CT molecular complexity index is 1100. The summed E-state index contributed by atoms with van der Waals surface area (Å²) in [6.07, 6.45) is 1.57. The number of thioether (sulfide) groups is 1. The van der Waals surface area contributed by atoms with E-state index in [9.17, 15) is 14.4 Å². The summed E-state index contributed by atoms with van der Waals surface area (Å²) in [6, 6.07) is 19.4. The maximum absolute atomic E-state index is 12.6. The molecular formula is C22H15NO4S. The second kappa shape index (κ2) is 7.32. The molecule has 1 aromatic heterocycles. The lowest BCUT2D eigenvalue weighted by molar-refractivity contribution is -0.113. The molecule has 5 nitrogen and oxygen atoms in total. The molecule has 0 spiro atoms. The number of ketones is 1. The fourth-order valence-corrected chi connectivity index (χ4v) is 3.67. The van der Waals surface area contributed by atoms with Crippen LogP contribution in [0.1, 0.15) is 23.0 Å². The molecule has 0 bridgehead atoms. The number of amides is 2. The Morgan fingerprint density at radius 1 is 0.964 bits per heavy atom. The predicted octanol–water partition coefficient (Wildman–Crippen LogP) is 5.39. The Hall–Kier alpha value is -3.38. The third-order valence-electron chi connectivity index (χ3n) is 4.28. The zero-order valence-electron chi connectivity index (χ0n) is 14.9. The Balaban J connectivity index is 1.58. The first-order valence-electron chi connectivity index (χ1n) is 8.57. The Kier molecular flexibility index (Phi) is 4.71. The van der Waals surface area contributed by atoms with E-state index < -0.39 is 0 Å². The monoisotopic (exact) mass is 389 g/mol. The normalized spacial score (nSPS) is 15.5. The second-order valence-electron chi connectivity index (χ2n) is 6.19. The van der Waals surface area contributed by atoms with E-state index in [2.05, 4.69) is 0 Å². The van der Waals surface area contributed by atoms with E-state index in [0.29, 0.717) is 27.7 Å². The Morgan fingerprint density at radius 2 is 1.68 bits per heavy atom. The van der Waals surface area contributed by atoms with E-state index in [-0.39, 0.29) is 16.9 Å². The van der Waals surface area contributed by atoms with Gasteiger partial charge in [0.05, 0.1) is 10.6 Å². The van der Waals surface area contributed by atoms with Crippen molar-refractivity contribution in [3.05, 3.63) is 83.0 Å². The highest BCUT2D eigenvalue weighted by Crippen LogP contribution is 2.36. The summed E-state index contributed by atoms with van der Waals surface area (Å²) in [4.78, 5) is 37.8. The fourth-order valence-electron chi connectivity index (χ4n) is 2.85. The first-order valence-corrected chi connectivity index (χ1v) is 9.39. The molecule has 138 valence electrons. The van der Waals surface area contributed by atoms with Gasteiger partial charge in [-0.3, -0.25) is 14.4 Å². The molecule has 3 aromatic rings.